The van der Waals surface area contributed by atoms with Crippen molar-refractivity contribution in [1.82, 2.24) is 15.0 Å². The quantitative estimate of drug-likeness (QED) is 0.408. The molecule has 0 aliphatic carbocycles. The predicted molar refractivity (Wildman–Crippen MR) is 132 cm³/mol. The Morgan fingerprint density at radius 2 is 1.92 bits per heavy atom. The van der Waals surface area contributed by atoms with Gasteiger partial charge in [0.1, 0.15) is 29.8 Å². The zero-order valence-electron chi connectivity index (χ0n) is 19.3. The number of hydrogen-bond acceptors (Lipinski definition) is 9. The summed E-state index contributed by atoms with van der Waals surface area (Å²) in [5, 5.41) is 9.08. The van der Waals surface area contributed by atoms with Crippen molar-refractivity contribution >= 4 is 40.9 Å². The first kappa shape index (κ1) is 25.5. The van der Waals surface area contributed by atoms with E-state index in [4.69, 9.17) is 46.9 Å². The Kier molecular flexibility index (Phi) is 7.82. The molecule has 190 valence electrons. The van der Waals surface area contributed by atoms with Crippen molar-refractivity contribution in [3.05, 3.63) is 76.0 Å². The first-order valence-electron chi connectivity index (χ1n) is 11.1. The monoisotopic (exact) mass is 551 g/mol. The van der Waals surface area contributed by atoms with Crippen LogP contribution in [0.5, 0.6) is 0 Å². The average Bonchev–Trinajstić information content (AvgIpc) is 3.39. The van der Waals surface area contributed by atoms with Crippen molar-refractivity contribution < 1.29 is 28.5 Å². The molecule has 0 N–H and O–H groups in total. The third-order valence-corrected chi connectivity index (χ3v) is 7.93. The summed E-state index contributed by atoms with van der Waals surface area (Å²) in [6.45, 7) is 0.262. The molecule has 9 nitrogen and oxygen atoms in total. The molecule has 5 rings (SSSR count). The second-order valence-electron chi connectivity index (χ2n) is 8.16. The van der Waals surface area contributed by atoms with Crippen molar-refractivity contribution in [2.75, 3.05) is 20.8 Å². The predicted octanol–water partition coefficient (Wildman–Crippen LogP) is 4.56. The number of halogens is 2. The number of nitrogens with zero attached hydrogens (tertiary/aromatic N) is 3. The van der Waals surface area contributed by atoms with Crippen molar-refractivity contribution in [2.24, 2.45) is 0 Å². The molecule has 2 aliphatic rings. The van der Waals surface area contributed by atoms with Crippen molar-refractivity contribution in [3.8, 4) is 0 Å². The number of hydrogen-bond donors (Lipinski definition) is 0. The van der Waals surface area contributed by atoms with Gasteiger partial charge in [-0.2, -0.15) is 0 Å². The van der Waals surface area contributed by atoms with Gasteiger partial charge in [-0.1, -0.05) is 70.5 Å². The van der Waals surface area contributed by atoms with E-state index in [2.05, 4.69) is 10.3 Å². The molecule has 3 aromatic rings. The van der Waals surface area contributed by atoms with Crippen LogP contribution >= 0.6 is 35.0 Å². The number of ether oxygens (including phenoxy) is 5. The Balaban J connectivity index is 1.52. The number of carbonyl (C=O) groups is 1. The number of fused-ring (bicyclic) bond motifs is 1. The van der Waals surface area contributed by atoms with E-state index in [1.54, 1.807) is 19.2 Å². The maximum absolute atomic E-state index is 12.5. The molecule has 0 radical (unpaired) electrons. The summed E-state index contributed by atoms with van der Waals surface area (Å²) in [5.74, 6) is -0.571. The molecular formula is C24H23Cl2N3O6S. The normalized spacial score (nSPS) is 27.9. The van der Waals surface area contributed by atoms with Crippen LogP contribution in [0.15, 0.2) is 59.6 Å². The van der Waals surface area contributed by atoms with Crippen LogP contribution in [0.4, 0.5) is 0 Å². The fraction of sp³-hybridized carbons (Fsp3) is 0.375. The molecule has 1 aromatic heterocycles. The van der Waals surface area contributed by atoms with Crippen LogP contribution in [-0.2, 0) is 23.7 Å². The Hall–Kier alpha value is -2.18. The van der Waals surface area contributed by atoms with E-state index in [1.165, 1.54) is 29.8 Å². The smallest absolute Gasteiger partial charge is 0.358 e. The second kappa shape index (κ2) is 11.1. The summed E-state index contributed by atoms with van der Waals surface area (Å²) < 4.78 is 31.3. The fourth-order valence-corrected chi connectivity index (χ4v) is 5.94. The van der Waals surface area contributed by atoms with E-state index in [9.17, 15) is 4.79 Å². The topological polar surface area (TPSA) is 93.9 Å². The molecule has 0 amide bonds. The van der Waals surface area contributed by atoms with Gasteiger partial charge in [0.2, 0.25) is 0 Å². The highest BCUT2D eigenvalue weighted by Crippen LogP contribution is 2.45. The fourth-order valence-electron chi connectivity index (χ4n) is 4.37. The minimum atomic E-state index is -0.625. The summed E-state index contributed by atoms with van der Waals surface area (Å²) in [5.41, 5.74) is 0.520. The molecule has 1 unspecified atom stereocenters. The minimum Gasteiger partial charge on any atom is -0.464 e. The highest BCUT2D eigenvalue weighted by atomic mass is 35.5. The molecule has 6 atom stereocenters. The maximum Gasteiger partial charge on any atom is 0.358 e. The van der Waals surface area contributed by atoms with Crippen molar-refractivity contribution in [3.63, 3.8) is 0 Å². The lowest BCUT2D eigenvalue weighted by atomic mass is 9.95. The SMILES string of the molecule is COC(=O)c1cnnn1[C@@H]1[C@@H](OC)[C@@H](Sc2ccc(Cl)c(Cl)c2)O[C@@H]2COC(c3ccccc3)O[C@H]12. The summed E-state index contributed by atoms with van der Waals surface area (Å²) in [7, 11) is 2.88. The summed E-state index contributed by atoms with van der Waals surface area (Å²) in [6, 6.07) is 14.4. The lowest BCUT2D eigenvalue weighted by Gasteiger charge is -2.49. The molecular weight excluding hydrogens is 529 g/mol. The Bertz CT molecular complexity index is 1220. The highest BCUT2D eigenvalue weighted by Gasteiger charge is 2.52. The van der Waals surface area contributed by atoms with Gasteiger partial charge in [0.05, 0.1) is 30.0 Å². The molecule has 2 aliphatic heterocycles. The Morgan fingerprint density at radius 3 is 2.64 bits per heavy atom. The van der Waals surface area contributed by atoms with Crippen LogP contribution in [0.25, 0.3) is 0 Å². The number of carbonyl (C=O) groups excluding carboxylic acids is 1. The van der Waals surface area contributed by atoms with E-state index in [0.29, 0.717) is 10.0 Å². The average molecular weight is 552 g/mol. The number of benzene rings is 2. The molecule has 2 saturated heterocycles. The lowest BCUT2D eigenvalue weighted by Crippen LogP contribution is -2.59. The van der Waals surface area contributed by atoms with Crippen LogP contribution in [0, 0.1) is 0 Å². The van der Waals surface area contributed by atoms with Crippen LogP contribution in [0.3, 0.4) is 0 Å². The first-order chi connectivity index (χ1) is 17.5. The number of esters is 1. The zero-order valence-corrected chi connectivity index (χ0v) is 21.7. The van der Waals surface area contributed by atoms with Crippen molar-refractivity contribution in [2.45, 2.75) is 41.0 Å². The summed E-state index contributed by atoms with van der Waals surface area (Å²) >= 11 is 13.7. The van der Waals surface area contributed by atoms with Gasteiger partial charge in [-0.3, -0.25) is 0 Å². The number of thioether (sulfide) groups is 1. The molecule has 36 heavy (non-hydrogen) atoms. The van der Waals surface area contributed by atoms with Gasteiger partial charge in [-0.05, 0) is 18.2 Å². The maximum atomic E-state index is 12.5. The largest absolute Gasteiger partial charge is 0.464 e. The second-order valence-corrected chi connectivity index (χ2v) is 10.1. The molecule has 3 heterocycles. The van der Waals surface area contributed by atoms with Gasteiger partial charge in [0.25, 0.3) is 0 Å². The van der Waals surface area contributed by atoms with Crippen LogP contribution in [-0.4, -0.2) is 65.5 Å². The number of aromatic nitrogens is 3. The third-order valence-electron chi connectivity index (χ3n) is 6.05. The molecule has 0 saturated carbocycles. The van der Waals surface area contributed by atoms with E-state index < -0.39 is 42.0 Å². The lowest BCUT2D eigenvalue weighted by molar-refractivity contribution is -0.308. The minimum absolute atomic E-state index is 0.176. The van der Waals surface area contributed by atoms with Crippen LogP contribution in [0.1, 0.15) is 28.4 Å². The molecule has 12 heteroatoms. The van der Waals surface area contributed by atoms with Gasteiger partial charge in [0, 0.05) is 17.6 Å². The van der Waals surface area contributed by atoms with Crippen molar-refractivity contribution in [1.29, 1.82) is 0 Å². The zero-order chi connectivity index (χ0) is 25.2. The summed E-state index contributed by atoms with van der Waals surface area (Å²) in [4.78, 5) is 13.4. The summed E-state index contributed by atoms with van der Waals surface area (Å²) in [6.07, 6.45) is -0.898. The van der Waals surface area contributed by atoms with E-state index in [-0.39, 0.29) is 12.3 Å². The van der Waals surface area contributed by atoms with Gasteiger partial charge in [-0.25, -0.2) is 9.48 Å². The molecule has 0 spiro atoms. The molecule has 0 bridgehead atoms. The van der Waals surface area contributed by atoms with Crippen LogP contribution < -0.4 is 0 Å². The standard InChI is InChI=1S/C24H23Cl2N3O6S/c1-31-21-19(29-17(11-27-28-29)22(30)32-2)20-18(12-33-23(35-20)13-6-4-3-5-7-13)34-24(21)36-14-8-9-15(25)16(26)10-14/h3-11,18-21,23-24H,12H2,1-2H3/t18-,19+,20+,21-,23?,24-/m1/s1. The van der Waals surface area contributed by atoms with E-state index in [1.807, 2.05) is 36.4 Å². The first-order valence-corrected chi connectivity index (χ1v) is 12.7. The number of methoxy groups -OCH3 is 2. The highest BCUT2D eigenvalue weighted by molar-refractivity contribution is 7.99. The molecule has 2 fully saturated rings. The number of rotatable bonds is 6. The van der Waals surface area contributed by atoms with Gasteiger partial charge in [-0.15, -0.1) is 5.10 Å². The Morgan fingerprint density at radius 1 is 1.11 bits per heavy atom. The van der Waals surface area contributed by atoms with E-state index >= 15 is 0 Å². The van der Waals surface area contributed by atoms with E-state index in [0.717, 1.165) is 10.5 Å². The van der Waals surface area contributed by atoms with Gasteiger partial charge < -0.3 is 23.7 Å². The van der Waals surface area contributed by atoms with Gasteiger partial charge >= 0.3 is 5.97 Å². The van der Waals surface area contributed by atoms with Crippen LogP contribution in [0.2, 0.25) is 10.0 Å². The molecule has 2 aromatic carbocycles. The van der Waals surface area contributed by atoms with Gasteiger partial charge in [0.15, 0.2) is 12.0 Å². The third kappa shape index (κ3) is 4.99. The Labute approximate surface area is 221 Å².